The van der Waals surface area contributed by atoms with E-state index in [9.17, 15) is 9.90 Å². The summed E-state index contributed by atoms with van der Waals surface area (Å²) in [5.41, 5.74) is 3.46. The van der Waals surface area contributed by atoms with Crippen molar-refractivity contribution in [2.24, 2.45) is 0 Å². The van der Waals surface area contributed by atoms with Crippen molar-refractivity contribution in [2.75, 3.05) is 6.26 Å². The Balaban J connectivity index is 1.98. The van der Waals surface area contributed by atoms with E-state index in [1.54, 1.807) is 6.92 Å². The molecule has 0 radical (unpaired) electrons. The molecule has 0 fully saturated rings. The van der Waals surface area contributed by atoms with E-state index in [1.807, 2.05) is 60.9 Å². The first-order valence-electron chi connectivity index (χ1n) is 10.7. The van der Waals surface area contributed by atoms with Crippen LogP contribution in [0.25, 0.3) is 0 Å². The van der Waals surface area contributed by atoms with Gasteiger partial charge in [-0.3, -0.25) is 9.69 Å². The summed E-state index contributed by atoms with van der Waals surface area (Å²) in [6.07, 6.45) is 1.81. The van der Waals surface area contributed by atoms with Gasteiger partial charge in [0.15, 0.2) is 5.78 Å². The van der Waals surface area contributed by atoms with Crippen LogP contribution in [-0.2, 0) is 24.3 Å². The zero-order chi connectivity index (χ0) is 22.1. The SMILES string of the molecule is CSC(C(=O)[C@H](Cc1ccccc1)N(Cc1ccccc1)Cc1ccccc1)C(C)O. The molecule has 0 amide bonds. The number of ketones is 1. The first-order chi connectivity index (χ1) is 15.1. The van der Waals surface area contributed by atoms with Crippen molar-refractivity contribution < 1.29 is 9.90 Å². The molecule has 0 aliphatic rings. The zero-order valence-electron chi connectivity index (χ0n) is 18.2. The number of hydrogen-bond donors (Lipinski definition) is 1. The Morgan fingerprint density at radius 3 is 1.61 bits per heavy atom. The molecule has 3 atom stereocenters. The van der Waals surface area contributed by atoms with E-state index in [1.165, 1.54) is 22.9 Å². The van der Waals surface area contributed by atoms with Gasteiger partial charge in [-0.15, -0.1) is 0 Å². The fourth-order valence-electron chi connectivity index (χ4n) is 3.90. The second-order valence-electron chi connectivity index (χ2n) is 7.88. The molecule has 3 rings (SSSR count). The number of aliphatic hydroxyl groups excluding tert-OH is 1. The smallest absolute Gasteiger partial charge is 0.165 e. The summed E-state index contributed by atoms with van der Waals surface area (Å²) in [5, 5.41) is 9.84. The Bertz CT molecular complexity index is 874. The zero-order valence-corrected chi connectivity index (χ0v) is 19.0. The first-order valence-corrected chi connectivity index (χ1v) is 12.0. The lowest BCUT2D eigenvalue weighted by atomic mass is 9.96. The van der Waals surface area contributed by atoms with Gasteiger partial charge < -0.3 is 5.11 Å². The number of Topliss-reactive ketones (excluding diaryl/α,β-unsaturated/α-hetero) is 1. The lowest BCUT2D eigenvalue weighted by molar-refractivity contribution is -0.125. The van der Waals surface area contributed by atoms with Gasteiger partial charge in [0.1, 0.15) is 0 Å². The molecule has 0 aromatic heterocycles. The van der Waals surface area contributed by atoms with E-state index in [2.05, 4.69) is 41.3 Å². The van der Waals surface area contributed by atoms with Crippen molar-refractivity contribution in [3.63, 3.8) is 0 Å². The molecule has 3 aromatic carbocycles. The van der Waals surface area contributed by atoms with Crippen LogP contribution < -0.4 is 0 Å². The maximum Gasteiger partial charge on any atom is 0.165 e. The number of rotatable bonds is 11. The highest BCUT2D eigenvalue weighted by Crippen LogP contribution is 2.23. The minimum Gasteiger partial charge on any atom is -0.392 e. The van der Waals surface area contributed by atoms with E-state index < -0.39 is 11.4 Å². The summed E-state index contributed by atoms with van der Waals surface area (Å²) in [7, 11) is 0. The molecule has 3 nitrogen and oxygen atoms in total. The van der Waals surface area contributed by atoms with Gasteiger partial charge in [-0.1, -0.05) is 91.0 Å². The van der Waals surface area contributed by atoms with Crippen molar-refractivity contribution in [1.82, 2.24) is 4.90 Å². The van der Waals surface area contributed by atoms with Crippen LogP contribution in [0.5, 0.6) is 0 Å². The van der Waals surface area contributed by atoms with Crippen LogP contribution in [0.3, 0.4) is 0 Å². The molecule has 0 saturated carbocycles. The average molecular weight is 434 g/mol. The Morgan fingerprint density at radius 2 is 1.23 bits per heavy atom. The van der Waals surface area contributed by atoms with Crippen molar-refractivity contribution in [3.8, 4) is 0 Å². The molecule has 162 valence electrons. The minimum atomic E-state index is -0.698. The number of thioether (sulfide) groups is 1. The fraction of sp³-hybridized carbons (Fsp3) is 0.296. The molecule has 0 aliphatic carbocycles. The predicted molar refractivity (Wildman–Crippen MR) is 130 cm³/mol. The first kappa shape index (κ1) is 23.3. The Morgan fingerprint density at radius 1 is 0.806 bits per heavy atom. The number of hydrogen-bond acceptors (Lipinski definition) is 4. The molecule has 0 spiro atoms. The van der Waals surface area contributed by atoms with Crippen LogP contribution in [0.15, 0.2) is 91.0 Å². The quantitative estimate of drug-likeness (QED) is 0.463. The Kier molecular flexibility index (Phi) is 8.89. The molecular formula is C27H31NO2S. The van der Waals surface area contributed by atoms with Crippen molar-refractivity contribution >= 4 is 17.5 Å². The molecule has 31 heavy (non-hydrogen) atoms. The van der Waals surface area contributed by atoms with Gasteiger partial charge in [-0.25, -0.2) is 0 Å². The fourth-order valence-corrected chi connectivity index (χ4v) is 4.68. The van der Waals surface area contributed by atoms with Crippen LogP contribution in [-0.4, -0.2) is 39.4 Å². The maximum absolute atomic E-state index is 13.7. The molecule has 2 unspecified atom stereocenters. The Labute approximate surface area is 190 Å². The van der Waals surface area contributed by atoms with E-state index in [0.29, 0.717) is 19.5 Å². The molecule has 0 aliphatic heterocycles. The number of nitrogens with zero attached hydrogens (tertiary/aromatic N) is 1. The number of aliphatic hydroxyl groups is 1. The highest BCUT2D eigenvalue weighted by atomic mass is 32.2. The summed E-state index contributed by atoms with van der Waals surface area (Å²) in [5.74, 6) is 0.0817. The second kappa shape index (κ2) is 11.8. The predicted octanol–water partition coefficient (Wildman–Crippen LogP) is 4.98. The van der Waals surface area contributed by atoms with Crippen LogP contribution in [0.1, 0.15) is 23.6 Å². The topological polar surface area (TPSA) is 40.5 Å². The number of benzene rings is 3. The average Bonchev–Trinajstić information content (AvgIpc) is 2.79. The molecule has 0 saturated heterocycles. The summed E-state index contributed by atoms with van der Waals surface area (Å²) in [6, 6.07) is 30.4. The lowest BCUT2D eigenvalue weighted by Crippen LogP contribution is -2.48. The van der Waals surface area contributed by atoms with E-state index in [4.69, 9.17) is 0 Å². The highest BCUT2D eigenvalue weighted by Gasteiger charge is 2.34. The van der Waals surface area contributed by atoms with E-state index in [-0.39, 0.29) is 11.8 Å². The molecule has 4 heteroatoms. The van der Waals surface area contributed by atoms with Crippen LogP contribution in [0.2, 0.25) is 0 Å². The largest absolute Gasteiger partial charge is 0.392 e. The van der Waals surface area contributed by atoms with Crippen LogP contribution in [0.4, 0.5) is 0 Å². The third-order valence-corrected chi connectivity index (χ3v) is 6.60. The number of carbonyl (C=O) groups is 1. The summed E-state index contributed by atoms with van der Waals surface area (Å²) >= 11 is 1.43. The van der Waals surface area contributed by atoms with Crippen LogP contribution >= 0.6 is 11.8 Å². The maximum atomic E-state index is 13.7. The van der Waals surface area contributed by atoms with Crippen molar-refractivity contribution in [3.05, 3.63) is 108 Å². The van der Waals surface area contributed by atoms with Gasteiger partial charge in [0.2, 0.25) is 0 Å². The van der Waals surface area contributed by atoms with Crippen molar-refractivity contribution in [2.45, 2.75) is 43.8 Å². The lowest BCUT2D eigenvalue weighted by Gasteiger charge is -2.34. The van der Waals surface area contributed by atoms with E-state index >= 15 is 0 Å². The standard InChI is InChI=1S/C27H31NO2S/c1-21(29)27(31-2)26(30)25(18-22-12-6-3-7-13-22)28(19-23-14-8-4-9-15-23)20-24-16-10-5-11-17-24/h3-17,21,25,27,29H,18-20H2,1-2H3/t21?,25-,27?/m0/s1. The summed E-state index contributed by atoms with van der Waals surface area (Å²) < 4.78 is 0. The van der Waals surface area contributed by atoms with Gasteiger partial charge in [0, 0.05) is 13.1 Å². The molecule has 0 bridgehead atoms. The monoisotopic (exact) mass is 433 g/mol. The molecular weight excluding hydrogens is 402 g/mol. The summed E-state index contributed by atoms with van der Waals surface area (Å²) in [4.78, 5) is 16.0. The van der Waals surface area contributed by atoms with Gasteiger partial charge in [-0.2, -0.15) is 11.8 Å². The number of carbonyl (C=O) groups excluding carboxylic acids is 1. The van der Waals surface area contributed by atoms with Gasteiger partial charge in [0.25, 0.3) is 0 Å². The molecule has 3 aromatic rings. The second-order valence-corrected chi connectivity index (χ2v) is 8.86. The molecule has 1 N–H and O–H groups in total. The highest BCUT2D eigenvalue weighted by molar-refractivity contribution is 8.00. The molecule has 0 heterocycles. The normalized spacial score (nSPS) is 14.2. The van der Waals surface area contributed by atoms with Gasteiger partial charge in [-0.05, 0) is 36.3 Å². The summed E-state index contributed by atoms with van der Waals surface area (Å²) in [6.45, 7) is 3.04. The van der Waals surface area contributed by atoms with E-state index in [0.717, 1.165) is 5.56 Å². The van der Waals surface area contributed by atoms with Gasteiger partial charge in [0.05, 0.1) is 17.4 Å². The minimum absolute atomic E-state index is 0.0817. The third kappa shape index (κ3) is 6.79. The third-order valence-electron chi connectivity index (χ3n) is 5.47. The van der Waals surface area contributed by atoms with Gasteiger partial charge >= 0.3 is 0 Å². The van der Waals surface area contributed by atoms with Crippen molar-refractivity contribution in [1.29, 1.82) is 0 Å². The van der Waals surface area contributed by atoms with Crippen LogP contribution in [0, 0.1) is 0 Å². The Hall–Kier alpha value is -2.40.